The first-order valence-electron chi connectivity index (χ1n) is 8.39. The molecule has 2 aromatic heterocycles. The average molecular weight is 361 g/mol. The van der Waals surface area contributed by atoms with Crippen molar-refractivity contribution in [3.63, 3.8) is 0 Å². The van der Waals surface area contributed by atoms with Crippen molar-refractivity contribution in [3.8, 4) is 16.2 Å². The van der Waals surface area contributed by atoms with Crippen LogP contribution in [0.3, 0.4) is 0 Å². The molecule has 1 aliphatic rings. The molecule has 0 saturated carbocycles. The van der Waals surface area contributed by atoms with E-state index in [1.807, 2.05) is 55.1 Å². The van der Waals surface area contributed by atoms with E-state index in [1.54, 1.807) is 11.3 Å². The maximum atomic E-state index is 6.06. The first-order chi connectivity index (χ1) is 12.7. The highest BCUT2D eigenvalue weighted by Crippen LogP contribution is 2.41. The highest BCUT2D eigenvalue weighted by atomic mass is 32.1. The fourth-order valence-electron chi connectivity index (χ4n) is 3.24. The lowest BCUT2D eigenvalue weighted by Crippen LogP contribution is -2.29. The van der Waals surface area contributed by atoms with Crippen LogP contribution in [0.2, 0.25) is 0 Å². The summed E-state index contributed by atoms with van der Waals surface area (Å²) in [7, 11) is 4.01. The number of aryl methyl sites for hydroxylation is 1. The number of rotatable bonds is 2. The topological polar surface area (TPSA) is 29.5 Å². The van der Waals surface area contributed by atoms with Gasteiger partial charge in [-0.15, -0.1) is 11.3 Å². The van der Waals surface area contributed by atoms with Gasteiger partial charge in [0.25, 0.3) is 5.52 Å². The lowest BCUT2D eigenvalue weighted by Gasteiger charge is -2.10. The number of aromatic nitrogens is 1. The quantitative estimate of drug-likeness (QED) is 0.480. The van der Waals surface area contributed by atoms with Crippen molar-refractivity contribution < 1.29 is 13.7 Å². The van der Waals surface area contributed by atoms with E-state index in [1.165, 1.54) is 10.4 Å². The van der Waals surface area contributed by atoms with Crippen molar-refractivity contribution in [1.29, 1.82) is 0 Å². The van der Waals surface area contributed by atoms with Gasteiger partial charge in [-0.25, -0.2) is 0 Å². The van der Waals surface area contributed by atoms with Crippen LogP contribution < -0.4 is 14.2 Å². The Morgan fingerprint density at radius 1 is 1.08 bits per heavy atom. The van der Waals surface area contributed by atoms with Crippen LogP contribution in [0.15, 0.2) is 70.3 Å². The van der Waals surface area contributed by atoms with Crippen LogP contribution in [0.1, 0.15) is 5.89 Å². The molecule has 5 rings (SSSR count). The molecule has 0 amide bonds. The Morgan fingerprint density at radius 2 is 1.96 bits per heavy atom. The Bertz CT molecular complexity index is 1140. The minimum atomic E-state index is 0.748. The molecule has 0 aliphatic carbocycles. The first kappa shape index (κ1) is 15.2. The van der Waals surface area contributed by atoms with Crippen LogP contribution in [0.25, 0.3) is 27.6 Å². The maximum absolute atomic E-state index is 6.06. The second-order valence-corrected chi connectivity index (χ2v) is 7.22. The van der Waals surface area contributed by atoms with E-state index in [-0.39, 0.29) is 0 Å². The van der Waals surface area contributed by atoms with E-state index in [9.17, 15) is 0 Å². The second-order valence-electron chi connectivity index (χ2n) is 6.27. The van der Waals surface area contributed by atoms with Crippen molar-refractivity contribution in [2.75, 3.05) is 11.9 Å². The van der Waals surface area contributed by atoms with Gasteiger partial charge in [0.15, 0.2) is 5.75 Å². The predicted octanol–water partition coefficient (Wildman–Crippen LogP) is 4.81. The molecule has 5 heteroatoms. The molecule has 0 unspecified atom stereocenters. The fourth-order valence-corrected chi connectivity index (χ4v) is 3.96. The number of thiophene rings is 1. The molecule has 4 nitrogen and oxygen atoms in total. The molecule has 0 spiro atoms. The Morgan fingerprint density at radius 3 is 2.77 bits per heavy atom. The maximum Gasteiger partial charge on any atom is 0.379 e. The molecule has 0 saturated heterocycles. The van der Waals surface area contributed by atoms with Gasteiger partial charge in [0.1, 0.15) is 13.1 Å². The van der Waals surface area contributed by atoms with Gasteiger partial charge < -0.3 is 14.1 Å². The summed E-state index contributed by atoms with van der Waals surface area (Å²) in [4.78, 5) is 3.31. The Hall–Kier alpha value is -3.05. The van der Waals surface area contributed by atoms with Gasteiger partial charge in [0.2, 0.25) is 11.5 Å². The van der Waals surface area contributed by atoms with Crippen molar-refractivity contribution in [1.82, 2.24) is 0 Å². The van der Waals surface area contributed by atoms with Gasteiger partial charge >= 0.3 is 5.89 Å². The Kier molecular flexibility index (Phi) is 3.36. The normalized spacial score (nSPS) is 14.8. The molecular weight excluding hydrogens is 344 g/mol. The van der Waals surface area contributed by atoms with Crippen LogP contribution in [0.5, 0.6) is 5.75 Å². The van der Waals surface area contributed by atoms with Crippen molar-refractivity contribution in [3.05, 3.63) is 71.8 Å². The zero-order valence-electron chi connectivity index (χ0n) is 14.5. The summed E-state index contributed by atoms with van der Waals surface area (Å²) in [5, 5.41) is 2.09. The summed E-state index contributed by atoms with van der Waals surface area (Å²) < 4.78 is 14.1. The summed E-state index contributed by atoms with van der Waals surface area (Å²) in [5.74, 6) is 2.36. The van der Waals surface area contributed by atoms with Crippen molar-refractivity contribution in [2.45, 2.75) is 0 Å². The third kappa shape index (κ3) is 2.32. The molecule has 0 radical (unpaired) electrons. The number of hydrogen-bond acceptors (Lipinski definition) is 4. The number of benzene rings is 2. The standard InChI is InChI=1S/C21H17N2O2S/c1-22-15-6-3-4-7-17(15)24-20(22)13-21-23(2)16-12-14(9-10-18(16)25-21)19-8-5-11-26-19/h3-13H,1-2H3/q+1. The third-order valence-electron chi connectivity index (χ3n) is 4.69. The molecule has 3 heterocycles. The number of para-hydroxylation sites is 2. The number of hydrogen-bond donors (Lipinski definition) is 0. The van der Waals surface area contributed by atoms with E-state index < -0.39 is 0 Å². The van der Waals surface area contributed by atoms with Crippen LogP contribution in [-0.4, -0.2) is 7.05 Å². The van der Waals surface area contributed by atoms with Crippen molar-refractivity contribution in [2.24, 2.45) is 7.05 Å². The molecule has 0 bridgehead atoms. The Balaban J connectivity index is 1.54. The summed E-state index contributed by atoms with van der Waals surface area (Å²) >= 11 is 1.74. The summed E-state index contributed by atoms with van der Waals surface area (Å²) in [5.41, 5.74) is 4.17. The second kappa shape index (κ2) is 5.75. The highest BCUT2D eigenvalue weighted by Gasteiger charge is 2.27. The Labute approximate surface area is 155 Å². The SMILES string of the molecule is CN1C(=Cc2oc3ccccc3[n+]2C)Oc2ccc(-c3cccs3)cc21. The first-order valence-corrected chi connectivity index (χ1v) is 9.27. The van der Waals surface area contributed by atoms with Gasteiger partial charge in [0, 0.05) is 18.0 Å². The number of anilines is 1. The number of nitrogens with zero attached hydrogens (tertiary/aromatic N) is 2. The van der Waals surface area contributed by atoms with Crippen LogP contribution in [0, 0.1) is 0 Å². The van der Waals surface area contributed by atoms with E-state index in [0.29, 0.717) is 0 Å². The molecule has 1 aliphatic heterocycles. The van der Waals surface area contributed by atoms with Gasteiger partial charge in [-0.3, -0.25) is 0 Å². The lowest BCUT2D eigenvalue weighted by molar-refractivity contribution is -0.652. The summed E-state index contributed by atoms with van der Waals surface area (Å²) in [6, 6.07) is 18.5. The zero-order chi connectivity index (χ0) is 17.7. The van der Waals surface area contributed by atoms with Crippen molar-refractivity contribution >= 4 is 34.2 Å². The molecule has 2 aromatic carbocycles. The minimum absolute atomic E-state index is 0.748. The number of oxazole rings is 1. The lowest BCUT2D eigenvalue weighted by atomic mass is 10.1. The third-order valence-corrected chi connectivity index (χ3v) is 5.61. The number of ether oxygens (including phenoxy) is 1. The summed E-state index contributed by atoms with van der Waals surface area (Å²) in [6.45, 7) is 0. The molecule has 26 heavy (non-hydrogen) atoms. The van der Waals surface area contributed by atoms with E-state index in [0.717, 1.165) is 34.3 Å². The highest BCUT2D eigenvalue weighted by molar-refractivity contribution is 7.13. The molecule has 128 valence electrons. The van der Waals surface area contributed by atoms with Gasteiger partial charge in [-0.05, 0) is 41.3 Å². The zero-order valence-corrected chi connectivity index (χ0v) is 15.3. The minimum Gasteiger partial charge on any atom is -0.438 e. The van der Waals surface area contributed by atoms with E-state index in [4.69, 9.17) is 9.15 Å². The van der Waals surface area contributed by atoms with Gasteiger partial charge in [0.05, 0.1) is 5.69 Å². The van der Waals surface area contributed by atoms with Gasteiger partial charge in [-0.2, -0.15) is 4.57 Å². The van der Waals surface area contributed by atoms with Crippen LogP contribution in [0.4, 0.5) is 5.69 Å². The van der Waals surface area contributed by atoms with Gasteiger partial charge in [-0.1, -0.05) is 18.2 Å². The molecule has 0 N–H and O–H groups in total. The predicted molar refractivity (Wildman–Crippen MR) is 104 cm³/mol. The smallest absolute Gasteiger partial charge is 0.379 e. The van der Waals surface area contributed by atoms with Crippen LogP contribution in [-0.2, 0) is 7.05 Å². The van der Waals surface area contributed by atoms with Crippen LogP contribution >= 0.6 is 11.3 Å². The van der Waals surface area contributed by atoms with E-state index >= 15 is 0 Å². The average Bonchev–Trinajstić information content (AvgIpc) is 3.36. The summed E-state index contributed by atoms with van der Waals surface area (Å²) in [6.07, 6.45) is 1.94. The molecule has 0 fully saturated rings. The molecule has 4 aromatic rings. The van der Waals surface area contributed by atoms with E-state index in [2.05, 4.69) is 34.5 Å². The molecular formula is C21H17N2O2S+. The molecule has 0 atom stereocenters. The fraction of sp³-hybridized carbons (Fsp3) is 0.0952. The number of fused-ring (bicyclic) bond motifs is 2. The monoisotopic (exact) mass is 361 g/mol. The largest absolute Gasteiger partial charge is 0.438 e.